The van der Waals surface area contributed by atoms with Gasteiger partial charge in [0.25, 0.3) is 0 Å². The normalized spacial score (nSPS) is 11.3. The molecule has 1 amide bonds. The van der Waals surface area contributed by atoms with Gasteiger partial charge in [-0.05, 0) is 33.3 Å². The van der Waals surface area contributed by atoms with Crippen LogP contribution >= 0.6 is 11.6 Å². The highest BCUT2D eigenvalue weighted by molar-refractivity contribution is 6.16. The van der Waals surface area contributed by atoms with Gasteiger partial charge in [0.05, 0.1) is 11.6 Å². The predicted octanol–water partition coefficient (Wildman–Crippen LogP) is 2.54. The van der Waals surface area contributed by atoms with Crippen molar-refractivity contribution in [1.29, 1.82) is 0 Å². The molecule has 0 spiro atoms. The van der Waals surface area contributed by atoms with Gasteiger partial charge in [0, 0.05) is 19.3 Å². The molecule has 0 atom stereocenters. The third-order valence-corrected chi connectivity index (χ3v) is 2.43. The Morgan fingerprint density at radius 1 is 1.56 bits per heavy atom. The van der Waals surface area contributed by atoms with Crippen LogP contribution in [0.15, 0.2) is 12.3 Å². The molecule has 0 aromatic carbocycles. The minimum Gasteiger partial charge on any atom is -0.444 e. The van der Waals surface area contributed by atoms with E-state index in [1.165, 1.54) is 0 Å². The van der Waals surface area contributed by atoms with E-state index in [0.29, 0.717) is 12.4 Å². The maximum atomic E-state index is 11.4. The van der Waals surface area contributed by atoms with Crippen molar-refractivity contribution < 1.29 is 9.53 Å². The topological polar surface area (TPSA) is 56.1 Å². The summed E-state index contributed by atoms with van der Waals surface area (Å²) in [4.78, 5) is 11.4. The summed E-state index contributed by atoms with van der Waals surface area (Å²) in [5, 5.41) is 6.86. The summed E-state index contributed by atoms with van der Waals surface area (Å²) in [6.45, 7) is 6.79. The summed E-state index contributed by atoms with van der Waals surface area (Å²) in [6, 6.07) is 1.88. The summed E-state index contributed by atoms with van der Waals surface area (Å²) in [5.41, 5.74) is 0.520. The average Bonchev–Trinajstić information content (AvgIpc) is 2.69. The van der Waals surface area contributed by atoms with E-state index in [-0.39, 0.29) is 6.09 Å². The van der Waals surface area contributed by atoms with E-state index in [9.17, 15) is 4.79 Å². The minimum atomic E-state index is -0.460. The second-order valence-electron chi connectivity index (χ2n) is 4.96. The zero-order chi connectivity index (χ0) is 13.6. The SMILES string of the molecule is CC(C)(C)OC(=O)NCCCn1nccc1CCl. The molecule has 0 aliphatic heterocycles. The van der Waals surface area contributed by atoms with Crippen molar-refractivity contribution >= 4 is 17.7 Å². The van der Waals surface area contributed by atoms with Gasteiger partial charge in [-0.25, -0.2) is 4.79 Å². The van der Waals surface area contributed by atoms with Crippen molar-refractivity contribution in [3.63, 3.8) is 0 Å². The van der Waals surface area contributed by atoms with Crippen LogP contribution in [-0.2, 0) is 17.2 Å². The maximum Gasteiger partial charge on any atom is 0.407 e. The lowest BCUT2D eigenvalue weighted by molar-refractivity contribution is 0.0526. The van der Waals surface area contributed by atoms with E-state index in [1.54, 1.807) is 6.20 Å². The zero-order valence-corrected chi connectivity index (χ0v) is 11.8. The molecule has 0 bridgehead atoms. The molecule has 1 N–H and O–H groups in total. The quantitative estimate of drug-likeness (QED) is 0.663. The Labute approximate surface area is 112 Å². The molecule has 5 nitrogen and oxygen atoms in total. The van der Waals surface area contributed by atoms with Crippen LogP contribution in [0.1, 0.15) is 32.9 Å². The van der Waals surface area contributed by atoms with Gasteiger partial charge in [0.1, 0.15) is 5.60 Å². The van der Waals surface area contributed by atoms with Crippen molar-refractivity contribution in [3.05, 3.63) is 18.0 Å². The first-order valence-corrected chi connectivity index (χ1v) is 6.49. The first-order chi connectivity index (χ1) is 8.42. The molecule has 0 saturated heterocycles. The number of alkyl halides is 1. The largest absolute Gasteiger partial charge is 0.444 e. The highest BCUT2D eigenvalue weighted by Gasteiger charge is 2.15. The fourth-order valence-electron chi connectivity index (χ4n) is 1.41. The number of aromatic nitrogens is 2. The van der Waals surface area contributed by atoms with Gasteiger partial charge in [-0.2, -0.15) is 5.10 Å². The zero-order valence-electron chi connectivity index (χ0n) is 11.1. The molecule has 0 saturated carbocycles. The Kier molecular flexibility index (Phi) is 5.47. The molecule has 0 aliphatic rings. The van der Waals surface area contributed by atoms with Crippen LogP contribution in [0.25, 0.3) is 0 Å². The first-order valence-electron chi connectivity index (χ1n) is 5.96. The molecule has 0 fully saturated rings. The van der Waals surface area contributed by atoms with E-state index in [0.717, 1.165) is 18.7 Å². The van der Waals surface area contributed by atoms with Crippen molar-refractivity contribution in [2.45, 2.75) is 45.2 Å². The summed E-state index contributed by atoms with van der Waals surface area (Å²) < 4.78 is 6.96. The molecular formula is C12H20ClN3O2. The standard InChI is InChI=1S/C12H20ClN3O2/c1-12(2,3)18-11(17)14-6-4-8-16-10(9-13)5-7-15-16/h5,7H,4,6,8-9H2,1-3H3,(H,14,17). The Hall–Kier alpha value is -1.23. The second-order valence-corrected chi connectivity index (χ2v) is 5.23. The number of carbonyl (C=O) groups excluding carboxylic acids is 1. The van der Waals surface area contributed by atoms with Gasteiger partial charge in [0.15, 0.2) is 0 Å². The van der Waals surface area contributed by atoms with Crippen molar-refractivity contribution in [3.8, 4) is 0 Å². The van der Waals surface area contributed by atoms with Crippen molar-refractivity contribution in [2.24, 2.45) is 0 Å². The molecule has 18 heavy (non-hydrogen) atoms. The third-order valence-electron chi connectivity index (χ3n) is 2.16. The molecule has 1 aromatic heterocycles. The van der Waals surface area contributed by atoms with E-state index >= 15 is 0 Å². The fraction of sp³-hybridized carbons (Fsp3) is 0.667. The number of hydrogen-bond donors (Lipinski definition) is 1. The molecular weight excluding hydrogens is 254 g/mol. The molecule has 1 aromatic rings. The number of carbonyl (C=O) groups is 1. The lowest BCUT2D eigenvalue weighted by Gasteiger charge is -2.19. The number of nitrogens with zero attached hydrogens (tertiary/aromatic N) is 2. The highest BCUT2D eigenvalue weighted by Crippen LogP contribution is 2.06. The number of rotatable bonds is 5. The molecule has 1 heterocycles. The van der Waals surface area contributed by atoms with Crippen LogP contribution in [0.3, 0.4) is 0 Å². The predicted molar refractivity (Wildman–Crippen MR) is 70.6 cm³/mol. The van der Waals surface area contributed by atoms with Crippen LogP contribution in [0.5, 0.6) is 0 Å². The van der Waals surface area contributed by atoms with Gasteiger partial charge in [-0.3, -0.25) is 4.68 Å². The Morgan fingerprint density at radius 3 is 2.89 bits per heavy atom. The average molecular weight is 274 g/mol. The molecule has 102 valence electrons. The summed E-state index contributed by atoms with van der Waals surface area (Å²) in [6.07, 6.45) is 2.12. The number of aryl methyl sites for hydroxylation is 1. The minimum absolute atomic E-state index is 0.388. The van der Waals surface area contributed by atoms with E-state index in [1.807, 2.05) is 31.5 Å². The van der Waals surface area contributed by atoms with Crippen molar-refractivity contribution in [2.75, 3.05) is 6.54 Å². The maximum absolute atomic E-state index is 11.4. The number of amides is 1. The Balaban J connectivity index is 2.21. The Morgan fingerprint density at radius 2 is 2.28 bits per heavy atom. The number of ether oxygens (including phenoxy) is 1. The van der Waals surface area contributed by atoms with Gasteiger partial charge in [-0.15, -0.1) is 11.6 Å². The van der Waals surface area contributed by atoms with E-state index in [4.69, 9.17) is 16.3 Å². The molecule has 6 heteroatoms. The summed E-state index contributed by atoms with van der Waals surface area (Å²) in [7, 11) is 0. The fourth-order valence-corrected chi connectivity index (χ4v) is 1.64. The second kappa shape index (κ2) is 6.64. The van der Waals surface area contributed by atoms with Gasteiger partial charge < -0.3 is 10.1 Å². The van der Waals surface area contributed by atoms with Crippen LogP contribution in [0, 0.1) is 0 Å². The molecule has 0 aliphatic carbocycles. The molecule has 0 unspecified atom stereocenters. The van der Waals surface area contributed by atoms with Crippen LogP contribution in [-0.4, -0.2) is 28.0 Å². The highest BCUT2D eigenvalue weighted by atomic mass is 35.5. The molecule has 0 radical (unpaired) electrons. The van der Waals surface area contributed by atoms with Gasteiger partial charge >= 0.3 is 6.09 Å². The monoisotopic (exact) mass is 273 g/mol. The number of nitrogens with one attached hydrogen (secondary N) is 1. The Bertz CT molecular complexity index is 385. The van der Waals surface area contributed by atoms with E-state index in [2.05, 4.69) is 10.4 Å². The van der Waals surface area contributed by atoms with Gasteiger partial charge in [-0.1, -0.05) is 0 Å². The van der Waals surface area contributed by atoms with Crippen LogP contribution < -0.4 is 5.32 Å². The first kappa shape index (κ1) is 14.8. The smallest absolute Gasteiger partial charge is 0.407 e. The number of hydrogen-bond acceptors (Lipinski definition) is 3. The van der Waals surface area contributed by atoms with Crippen molar-refractivity contribution in [1.82, 2.24) is 15.1 Å². The molecule has 1 rings (SSSR count). The number of halogens is 1. The van der Waals surface area contributed by atoms with Crippen LogP contribution in [0.2, 0.25) is 0 Å². The van der Waals surface area contributed by atoms with Gasteiger partial charge in [0.2, 0.25) is 0 Å². The third kappa shape index (κ3) is 5.40. The summed E-state index contributed by atoms with van der Waals surface area (Å²) >= 11 is 5.76. The lowest BCUT2D eigenvalue weighted by atomic mass is 10.2. The van der Waals surface area contributed by atoms with Crippen LogP contribution in [0.4, 0.5) is 4.79 Å². The summed E-state index contributed by atoms with van der Waals surface area (Å²) in [5.74, 6) is 0.444. The lowest BCUT2D eigenvalue weighted by Crippen LogP contribution is -2.33. The van der Waals surface area contributed by atoms with E-state index < -0.39 is 5.60 Å². The number of alkyl carbamates (subject to hydrolysis) is 1.